The highest BCUT2D eigenvalue weighted by atomic mass is 15.1. The Labute approximate surface area is 124 Å². The van der Waals surface area contributed by atoms with Crippen molar-refractivity contribution in [3.05, 3.63) is 48.0 Å². The number of hydrogen-bond acceptors (Lipinski definition) is 2. The van der Waals surface area contributed by atoms with Crippen LogP contribution in [0.1, 0.15) is 37.8 Å². The van der Waals surface area contributed by atoms with Crippen molar-refractivity contribution < 1.29 is 0 Å². The Balaban J connectivity index is 2.32. The first kappa shape index (κ1) is 16.9. The molecule has 1 rings (SSSR count). The highest BCUT2D eigenvalue weighted by molar-refractivity contribution is 5.22. The van der Waals surface area contributed by atoms with Crippen molar-refractivity contribution in [1.82, 2.24) is 10.2 Å². The summed E-state index contributed by atoms with van der Waals surface area (Å²) >= 11 is 0. The van der Waals surface area contributed by atoms with Gasteiger partial charge in [0.15, 0.2) is 0 Å². The summed E-state index contributed by atoms with van der Waals surface area (Å²) in [6.45, 7) is 11.3. The molecule has 0 aliphatic carbocycles. The Morgan fingerprint density at radius 1 is 1.20 bits per heavy atom. The molecule has 1 N–H and O–H groups in total. The van der Waals surface area contributed by atoms with Crippen LogP contribution in [0, 0.1) is 0 Å². The average molecular weight is 274 g/mol. The predicted molar refractivity (Wildman–Crippen MR) is 89.0 cm³/mol. The summed E-state index contributed by atoms with van der Waals surface area (Å²) in [5, 5.41) is 3.45. The van der Waals surface area contributed by atoms with Gasteiger partial charge in [-0.3, -0.25) is 0 Å². The molecule has 1 aromatic rings. The maximum atomic E-state index is 3.76. The highest BCUT2D eigenvalue weighted by Gasteiger charge is 2.01. The maximum absolute atomic E-state index is 3.76. The number of benzene rings is 1. The zero-order valence-electron chi connectivity index (χ0n) is 13.4. The van der Waals surface area contributed by atoms with Crippen LogP contribution in [0.2, 0.25) is 0 Å². The van der Waals surface area contributed by atoms with E-state index in [1.165, 1.54) is 17.5 Å². The van der Waals surface area contributed by atoms with Gasteiger partial charge in [0.2, 0.25) is 0 Å². The first-order valence-electron chi connectivity index (χ1n) is 7.72. The van der Waals surface area contributed by atoms with Gasteiger partial charge in [-0.2, -0.15) is 0 Å². The minimum Gasteiger partial charge on any atom is -0.314 e. The van der Waals surface area contributed by atoms with Crippen molar-refractivity contribution in [2.45, 2.75) is 45.7 Å². The van der Waals surface area contributed by atoms with Gasteiger partial charge in [0, 0.05) is 12.6 Å². The lowest BCUT2D eigenvalue weighted by Gasteiger charge is -2.16. The summed E-state index contributed by atoms with van der Waals surface area (Å²) in [7, 11) is 2.18. The van der Waals surface area contributed by atoms with E-state index in [-0.39, 0.29) is 0 Å². The molecule has 0 aliphatic heterocycles. The molecule has 0 bridgehead atoms. The average Bonchev–Trinajstić information content (AvgIpc) is 2.41. The fourth-order valence-corrected chi connectivity index (χ4v) is 2.21. The molecule has 20 heavy (non-hydrogen) atoms. The molecule has 0 atom stereocenters. The Hall–Kier alpha value is -1.12. The molecule has 0 radical (unpaired) electrons. The maximum Gasteiger partial charge on any atom is 0.0230 e. The summed E-state index contributed by atoms with van der Waals surface area (Å²) < 4.78 is 0. The summed E-state index contributed by atoms with van der Waals surface area (Å²) in [5.74, 6) is 0. The van der Waals surface area contributed by atoms with Crippen LogP contribution in [0.15, 0.2) is 36.9 Å². The molecule has 2 heteroatoms. The third kappa shape index (κ3) is 7.46. The van der Waals surface area contributed by atoms with Gasteiger partial charge in [0.05, 0.1) is 0 Å². The van der Waals surface area contributed by atoms with E-state index in [4.69, 9.17) is 0 Å². The lowest BCUT2D eigenvalue weighted by Crippen LogP contribution is -2.24. The molecule has 0 heterocycles. The summed E-state index contributed by atoms with van der Waals surface area (Å²) in [6.07, 6.45) is 5.40. The molecule has 0 saturated heterocycles. The first-order chi connectivity index (χ1) is 9.61. The summed E-state index contributed by atoms with van der Waals surface area (Å²) in [5.41, 5.74) is 2.81. The number of nitrogens with zero attached hydrogens (tertiary/aromatic N) is 1. The van der Waals surface area contributed by atoms with Gasteiger partial charge < -0.3 is 10.2 Å². The number of unbranched alkanes of at least 4 members (excludes halogenated alkanes) is 1. The van der Waals surface area contributed by atoms with E-state index in [1.807, 2.05) is 6.08 Å². The van der Waals surface area contributed by atoms with Crippen molar-refractivity contribution in [2.75, 3.05) is 20.1 Å². The van der Waals surface area contributed by atoms with Crippen LogP contribution >= 0.6 is 0 Å². The van der Waals surface area contributed by atoms with E-state index in [0.717, 1.165) is 32.5 Å². The van der Waals surface area contributed by atoms with Crippen LogP contribution in [0.25, 0.3) is 0 Å². The topological polar surface area (TPSA) is 15.3 Å². The smallest absolute Gasteiger partial charge is 0.0230 e. The molecule has 0 fully saturated rings. The largest absolute Gasteiger partial charge is 0.314 e. The number of hydrogen-bond donors (Lipinski definition) is 1. The minimum atomic E-state index is 0.568. The van der Waals surface area contributed by atoms with Gasteiger partial charge >= 0.3 is 0 Å². The second-order valence-corrected chi connectivity index (χ2v) is 5.84. The molecule has 0 spiro atoms. The normalized spacial score (nSPS) is 11.2. The Bertz CT molecular complexity index is 368. The van der Waals surface area contributed by atoms with Gasteiger partial charge in [0.25, 0.3) is 0 Å². The number of nitrogens with one attached hydrogen (secondary N) is 1. The Morgan fingerprint density at radius 2 is 1.85 bits per heavy atom. The van der Waals surface area contributed by atoms with E-state index < -0.39 is 0 Å². The van der Waals surface area contributed by atoms with E-state index in [0.29, 0.717) is 6.04 Å². The van der Waals surface area contributed by atoms with Crippen LogP contribution in [-0.4, -0.2) is 31.1 Å². The first-order valence-corrected chi connectivity index (χ1v) is 7.72. The van der Waals surface area contributed by atoms with Crippen LogP contribution in [0.3, 0.4) is 0 Å². The highest BCUT2D eigenvalue weighted by Crippen LogP contribution is 2.08. The van der Waals surface area contributed by atoms with Crippen LogP contribution < -0.4 is 5.32 Å². The zero-order valence-corrected chi connectivity index (χ0v) is 13.4. The van der Waals surface area contributed by atoms with Crippen LogP contribution in [0.5, 0.6) is 0 Å². The quantitative estimate of drug-likeness (QED) is 0.518. The van der Waals surface area contributed by atoms with E-state index >= 15 is 0 Å². The number of allylic oxidation sites excluding steroid dienone is 1. The zero-order chi connectivity index (χ0) is 14.8. The van der Waals surface area contributed by atoms with E-state index in [9.17, 15) is 0 Å². The second kappa shape index (κ2) is 9.73. The third-order valence-electron chi connectivity index (χ3n) is 3.39. The fraction of sp³-hybridized carbons (Fsp3) is 0.556. The molecule has 0 amide bonds. The van der Waals surface area contributed by atoms with Crippen molar-refractivity contribution >= 4 is 0 Å². The van der Waals surface area contributed by atoms with Gasteiger partial charge in [-0.1, -0.05) is 44.2 Å². The van der Waals surface area contributed by atoms with Crippen molar-refractivity contribution in [1.29, 1.82) is 0 Å². The summed E-state index contributed by atoms with van der Waals surface area (Å²) in [6, 6.07) is 9.60. The molecule has 0 saturated carbocycles. The molecular formula is C18H30N2. The lowest BCUT2D eigenvalue weighted by atomic mass is 10.1. The Kier molecular flexibility index (Phi) is 8.24. The van der Waals surface area contributed by atoms with E-state index in [2.05, 4.69) is 62.0 Å². The fourth-order valence-electron chi connectivity index (χ4n) is 2.21. The SMILES string of the molecule is C=CCCCN(C)Cc1ccc(CCNC(C)C)cc1. The standard InChI is InChI=1S/C18H30N2/c1-5-6-7-14-20(4)15-18-10-8-17(9-11-18)12-13-19-16(2)3/h5,8-11,16,19H,1,6-7,12-15H2,2-4H3. The van der Waals surface area contributed by atoms with Gasteiger partial charge in [-0.15, -0.1) is 6.58 Å². The van der Waals surface area contributed by atoms with Gasteiger partial charge in [-0.25, -0.2) is 0 Å². The third-order valence-corrected chi connectivity index (χ3v) is 3.39. The van der Waals surface area contributed by atoms with E-state index in [1.54, 1.807) is 0 Å². The van der Waals surface area contributed by atoms with Crippen LogP contribution in [-0.2, 0) is 13.0 Å². The predicted octanol–water partition coefficient (Wildman–Crippen LogP) is 3.63. The summed E-state index contributed by atoms with van der Waals surface area (Å²) in [4.78, 5) is 2.37. The molecule has 2 nitrogen and oxygen atoms in total. The second-order valence-electron chi connectivity index (χ2n) is 5.84. The van der Waals surface area contributed by atoms with Crippen LogP contribution in [0.4, 0.5) is 0 Å². The van der Waals surface area contributed by atoms with Gasteiger partial charge in [-0.05, 0) is 50.5 Å². The molecule has 0 unspecified atom stereocenters. The molecule has 0 aliphatic rings. The van der Waals surface area contributed by atoms with Crippen molar-refractivity contribution in [3.8, 4) is 0 Å². The van der Waals surface area contributed by atoms with Gasteiger partial charge in [0.1, 0.15) is 0 Å². The van der Waals surface area contributed by atoms with Crippen molar-refractivity contribution in [2.24, 2.45) is 0 Å². The minimum absolute atomic E-state index is 0.568. The molecule has 0 aromatic heterocycles. The Morgan fingerprint density at radius 3 is 2.45 bits per heavy atom. The molecular weight excluding hydrogens is 244 g/mol. The lowest BCUT2D eigenvalue weighted by molar-refractivity contribution is 0.323. The molecule has 112 valence electrons. The number of rotatable bonds is 10. The monoisotopic (exact) mass is 274 g/mol. The molecule has 1 aromatic carbocycles. The van der Waals surface area contributed by atoms with Crippen molar-refractivity contribution in [3.63, 3.8) is 0 Å².